The lowest BCUT2D eigenvalue weighted by Crippen LogP contribution is -2.42. The Kier molecular flexibility index (Phi) is 12.3. The lowest BCUT2D eigenvalue weighted by Gasteiger charge is -2.31. The van der Waals surface area contributed by atoms with Gasteiger partial charge in [0.1, 0.15) is 12.1 Å². The Hall–Kier alpha value is -2.39. The van der Waals surface area contributed by atoms with Crippen LogP contribution in [0.3, 0.4) is 0 Å². The number of aliphatic carboxylic acids is 1. The van der Waals surface area contributed by atoms with Crippen LogP contribution in [0.1, 0.15) is 76.6 Å². The molecule has 1 aromatic rings. The van der Waals surface area contributed by atoms with E-state index in [0.29, 0.717) is 44.1 Å². The third kappa shape index (κ3) is 9.42. The smallest absolute Gasteiger partial charge is 0.337 e. The summed E-state index contributed by atoms with van der Waals surface area (Å²) in [6.45, 7) is 6.60. The highest BCUT2D eigenvalue weighted by Gasteiger charge is 2.42. The lowest BCUT2D eigenvalue weighted by atomic mass is 9.98. The Morgan fingerprint density at radius 2 is 1.89 bits per heavy atom. The molecular weight excluding hydrogens is 513 g/mol. The highest BCUT2D eigenvalue weighted by Crippen LogP contribution is 2.57. The summed E-state index contributed by atoms with van der Waals surface area (Å²) >= 11 is 0. The average Bonchev–Trinajstić information content (AvgIpc) is 3.34. The van der Waals surface area contributed by atoms with E-state index in [0.717, 1.165) is 6.42 Å². The monoisotopic (exact) mass is 553 g/mol. The molecule has 11 heteroatoms. The second kappa shape index (κ2) is 14.7. The number of ether oxygens (including phenoxy) is 1. The van der Waals surface area contributed by atoms with Crippen molar-refractivity contribution in [3.05, 3.63) is 35.9 Å². The summed E-state index contributed by atoms with van der Waals surface area (Å²) in [5.41, 5.74) is -1.29. The molecule has 0 amide bonds. The number of hydrogen-bond acceptors (Lipinski definition) is 9. The number of carbonyl (C=O) groups excluding carboxylic acids is 3. The fourth-order valence-electron chi connectivity index (χ4n) is 4.20. The van der Waals surface area contributed by atoms with Crippen molar-refractivity contribution in [2.75, 3.05) is 19.9 Å². The standard InChI is InChI=1S/C27H40NO9P/c1-5-6-13-22(16-24(30)20-11-8-7-9-12-20)38(34,36-19-35-26(33)27(2,3)4)37-21(18-29)17-28-15-10-14-23(28)25(31)32/h7-9,11-12,18,21-23H,5-6,10,13-17,19H2,1-4H3,(H,31,32)/t21-,22?,23-,38?/m0/s1. The van der Waals surface area contributed by atoms with Gasteiger partial charge in [0, 0.05) is 18.5 Å². The molecule has 0 spiro atoms. The zero-order valence-electron chi connectivity index (χ0n) is 22.7. The Labute approximate surface area is 224 Å². The van der Waals surface area contributed by atoms with Gasteiger partial charge in [0.2, 0.25) is 6.79 Å². The maximum absolute atomic E-state index is 14.3. The Balaban J connectivity index is 2.31. The quantitative estimate of drug-likeness (QED) is 0.101. The van der Waals surface area contributed by atoms with E-state index in [4.69, 9.17) is 13.8 Å². The molecule has 1 fully saturated rings. The molecule has 1 aliphatic heterocycles. The first kappa shape index (κ1) is 31.8. The van der Waals surface area contributed by atoms with Crippen molar-refractivity contribution in [2.45, 2.75) is 84.0 Å². The van der Waals surface area contributed by atoms with Gasteiger partial charge in [-0.1, -0.05) is 50.1 Å². The van der Waals surface area contributed by atoms with Crippen molar-refractivity contribution >= 4 is 31.6 Å². The van der Waals surface area contributed by atoms with E-state index in [1.807, 2.05) is 6.92 Å². The van der Waals surface area contributed by atoms with Crippen LogP contribution < -0.4 is 0 Å². The molecule has 1 aliphatic rings. The summed E-state index contributed by atoms with van der Waals surface area (Å²) in [7, 11) is -4.22. The molecule has 2 unspecified atom stereocenters. The van der Waals surface area contributed by atoms with Crippen LogP contribution in [0.2, 0.25) is 0 Å². The highest BCUT2D eigenvalue weighted by molar-refractivity contribution is 7.54. The van der Waals surface area contributed by atoms with E-state index < -0.39 is 49.5 Å². The molecule has 10 nitrogen and oxygen atoms in total. The molecule has 1 N–H and O–H groups in total. The Morgan fingerprint density at radius 3 is 2.47 bits per heavy atom. The first-order chi connectivity index (χ1) is 17.9. The lowest BCUT2D eigenvalue weighted by molar-refractivity contribution is -0.160. The van der Waals surface area contributed by atoms with Crippen LogP contribution in [-0.4, -0.2) is 71.7 Å². The van der Waals surface area contributed by atoms with E-state index in [1.165, 1.54) is 0 Å². The van der Waals surface area contributed by atoms with Crippen LogP contribution >= 0.6 is 7.60 Å². The molecule has 1 aromatic carbocycles. The van der Waals surface area contributed by atoms with E-state index in [9.17, 15) is 28.8 Å². The predicted octanol–water partition coefficient (Wildman–Crippen LogP) is 4.71. The van der Waals surface area contributed by atoms with E-state index in [-0.39, 0.29) is 18.7 Å². The van der Waals surface area contributed by atoms with Gasteiger partial charge < -0.3 is 14.6 Å². The Morgan fingerprint density at radius 1 is 1.21 bits per heavy atom. The van der Waals surface area contributed by atoms with Gasteiger partial charge >= 0.3 is 19.5 Å². The second-order valence-corrected chi connectivity index (χ2v) is 12.8. The molecule has 0 bridgehead atoms. The highest BCUT2D eigenvalue weighted by atomic mass is 31.2. The SMILES string of the molecule is CCCCC(CC(=O)c1ccccc1)P(=O)(OCOC(=O)C(C)(C)C)O[C@H](C=O)CN1CCC[C@H]1C(=O)O. The minimum atomic E-state index is -4.22. The van der Waals surface area contributed by atoms with Gasteiger partial charge in [-0.2, -0.15) is 0 Å². The topological polar surface area (TPSA) is 137 Å². The molecule has 0 saturated carbocycles. The zero-order valence-corrected chi connectivity index (χ0v) is 23.6. The molecule has 4 atom stereocenters. The number of carboxylic acid groups (broad SMARTS) is 1. The Bertz CT molecular complexity index is 992. The van der Waals surface area contributed by atoms with E-state index in [2.05, 4.69) is 0 Å². The number of carboxylic acids is 1. The molecule has 0 aromatic heterocycles. The van der Waals surface area contributed by atoms with Crippen LogP contribution in [-0.2, 0) is 32.7 Å². The van der Waals surface area contributed by atoms with E-state index in [1.54, 1.807) is 56.0 Å². The van der Waals surface area contributed by atoms with Crippen LogP contribution in [0.5, 0.6) is 0 Å². The maximum atomic E-state index is 14.3. The number of unbranched alkanes of at least 4 members (excludes halogenated alkanes) is 1. The van der Waals surface area contributed by atoms with Crippen molar-refractivity contribution in [1.82, 2.24) is 4.90 Å². The maximum Gasteiger partial charge on any atom is 0.337 e. The molecular formula is C27H40NO9P. The summed E-state index contributed by atoms with van der Waals surface area (Å²) in [5, 5.41) is 9.49. The van der Waals surface area contributed by atoms with Crippen LogP contribution in [0.25, 0.3) is 0 Å². The molecule has 1 heterocycles. The zero-order chi connectivity index (χ0) is 28.3. The number of benzene rings is 1. The van der Waals surface area contributed by atoms with Crippen molar-refractivity contribution < 1.29 is 42.6 Å². The molecule has 212 valence electrons. The number of nitrogens with zero attached hydrogens (tertiary/aromatic N) is 1. The minimum absolute atomic E-state index is 0.0945. The fraction of sp³-hybridized carbons (Fsp3) is 0.630. The van der Waals surface area contributed by atoms with Crippen molar-refractivity contribution in [1.29, 1.82) is 0 Å². The number of ketones is 1. The number of esters is 1. The van der Waals surface area contributed by atoms with Crippen LogP contribution in [0.4, 0.5) is 0 Å². The summed E-state index contributed by atoms with van der Waals surface area (Å²) in [6.07, 6.45) is 1.78. The summed E-state index contributed by atoms with van der Waals surface area (Å²) in [4.78, 5) is 50.5. The first-order valence-corrected chi connectivity index (χ1v) is 14.6. The number of rotatable bonds is 16. The second-order valence-electron chi connectivity index (χ2n) is 10.5. The molecule has 2 rings (SSSR count). The fourth-order valence-corrected chi connectivity index (χ4v) is 6.23. The van der Waals surface area contributed by atoms with Gasteiger partial charge in [0.05, 0.1) is 11.1 Å². The van der Waals surface area contributed by atoms with E-state index >= 15 is 0 Å². The molecule has 38 heavy (non-hydrogen) atoms. The normalized spacial score (nSPS) is 19.3. The summed E-state index contributed by atoms with van der Waals surface area (Å²) < 4.78 is 30.9. The van der Waals surface area contributed by atoms with Crippen molar-refractivity contribution in [3.8, 4) is 0 Å². The van der Waals surface area contributed by atoms with Crippen molar-refractivity contribution in [2.24, 2.45) is 5.41 Å². The largest absolute Gasteiger partial charge is 0.480 e. The van der Waals surface area contributed by atoms with Crippen LogP contribution in [0, 0.1) is 5.41 Å². The predicted molar refractivity (Wildman–Crippen MR) is 141 cm³/mol. The first-order valence-electron chi connectivity index (χ1n) is 13.0. The number of hydrogen-bond donors (Lipinski definition) is 1. The van der Waals surface area contributed by atoms with Crippen LogP contribution in [0.15, 0.2) is 30.3 Å². The number of Topliss-reactive ketones (excluding diaryl/α,β-unsaturated/α-hetero) is 1. The van der Waals surface area contributed by atoms with Gasteiger partial charge in [0.25, 0.3) is 0 Å². The minimum Gasteiger partial charge on any atom is -0.480 e. The summed E-state index contributed by atoms with van der Waals surface area (Å²) in [5.74, 6) is -1.85. The van der Waals surface area contributed by atoms with Gasteiger partial charge in [-0.3, -0.25) is 32.9 Å². The van der Waals surface area contributed by atoms with Crippen molar-refractivity contribution in [3.63, 3.8) is 0 Å². The average molecular weight is 554 g/mol. The summed E-state index contributed by atoms with van der Waals surface area (Å²) in [6, 6.07) is 7.78. The molecule has 0 aliphatic carbocycles. The van der Waals surface area contributed by atoms with Gasteiger partial charge in [-0.05, 0) is 46.6 Å². The van der Waals surface area contributed by atoms with Gasteiger partial charge in [-0.15, -0.1) is 0 Å². The van der Waals surface area contributed by atoms with Gasteiger partial charge in [0.15, 0.2) is 12.1 Å². The molecule has 0 radical (unpaired) electrons. The number of carbonyl (C=O) groups is 4. The number of likely N-dealkylation sites (tertiary alicyclic amines) is 1. The number of aldehydes is 1. The van der Waals surface area contributed by atoms with Gasteiger partial charge in [-0.25, -0.2) is 0 Å². The third-order valence-corrected chi connectivity index (χ3v) is 8.75. The molecule has 1 saturated heterocycles. The third-order valence-electron chi connectivity index (χ3n) is 6.39.